The van der Waals surface area contributed by atoms with Gasteiger partial charge in [0.05, 0.1) is 11.5 Å². The molecule has 0 spiro atoms. The molecular formula is C12H21N3O3S. The van der Waals surface area contributed by atoms with Crippen molar-refractivity contribution in [2.45, 2.75) is 30.9 Å². The first-order chi connectivity index (χ1) is 8.92. The molecule has 0 amide bonds. The number of aromatic amines is 1. The topological polar surface area (TPSA) is 85.4 Å². The second kappa shape index (κ2) is 5.62. The van der Waals surface area contributed by atoms with Crippen molar-refractivity contribution in [1.82, 2.24) is 14.6 Å². The number of rotatable bonds is 4. The molecule has 1 aliphatic rings. The number of aromatic nitrogens is 1. The fraction of sp³-hybridized carbons (Fsp3) is 0.667. The van der Waals surface area contributed by atoms with Crippen LogP contribution in [0.25, 0.3) is 0 Å². The molecule has 1 aromatic rings. The van der Waals surface area contributed by atoms with Gasteiger partial charge in [-0.3, -0.25) is 0 Å². The van der Waals surface area contributed by atoms with Gasteiger partial charge in [0.1, 0.15) is 0 Å². The molecule has 0 aliphatic carbocycles. The number of nitrogens with one attached hydrogen (secondary N) is 2. The maximum atomic E-state index is 12.2. The van der Waals surface area contributed by atoms with Crippen molar-refractivity contribution in [2.75, 3.05) is 20.1 Å². The van der Waals surface area contributed by atoms with Crippen LogP contribution in [0.4, 0.5) is 0 Å². The molecule has 1 aromatic heterocycles. The summed E-state index contributed by atoms with van der Waals surface area (Å²) in [5.41, 5.74) is 0.497. The Morgan fingerprint density at radius 3 is 2.89 bits per heavy atom. The van der Waals surface area contributed by atoms with E-state index in [9.17, 15) is 8.42 Å². The third kappa shape index (κ3) is 3.36. The highest BCUT2D eigenvalue weighted by atomic mass is 32.2. The highest BCUT2D eigenvalue weighted by Gasteiger charge is 2.29. The van der Waals surface area contributed by atoms with Crippen LogP contribution in [0.3, 0.4) is 0 Å². The molecule has 2 atom stereocenters. The summed E-state index contributed by atoms with van der Waals surface area (Å²) >= 11 is 0. The number of hydrogen-bond acceptors (Lipinski definition) is 4. The van der Waals surface area contributed by atoms with E-state index < -0.39 is 10.0 Å². The summed E-state index contributed by atoms with van der Waals surface area (Å²) in [4.78, 5) is 5.13. The molecule has 0 aromatic carbocycles. The molecule has 108 valence electrons. The van der Waals surface area contributed by atoms with E-state index in [4.69, 9.17) is 5.11 Å². The number of aliphatic hydroxyl groups excluding tert-OH is 1. The Morgan fingerprint density at radius 2 is 2.32 bits per heavy atom. The maximum absolute atomic E-state index is 12.2. The van der Waals surface area contributed by atoms with E-state index >= 15 is 0 Å². The third-order valence-electron chi connectivity index (χ3n) is 3.61. The van der Waals surface area contributed by atoms with Crippen molar-refractivity contribution in [3.8, 4) is 0 Å². The van der Waals surface area contributed by atoms with E-state index in [2.05, 4.69) is 21.5 Å². The van der Waals surface area contributed by atoms with Crippen molar-refractivity contribution in [3.05, 3.63) is 18.0 Å². The second-order valence-corrected chi connectivity index (χ2v) is 6.99. The van der Waals surface area contributed by atoms with Gasteiger partial charge in [-0.05, 0) is 32.0 Å². The molecular weight excluding hydrogens is 266 g/mol. The number of H-pyrrole nitrogens is 1. The van der Waals surface area contributed by atoms with Gasteiger partial charge >= 0.3 is 0 Å². The van der Waals surface area contributed by atoms with Crippen molar-refractivity contribution in [1.29, 1.82) is 0 Å². The molecule has 1 aliphatic heterocycles. The monoisotopic (exact) mass is 287 g/mol. The Kier molecular flexibility index (Phi) is 4.29. The fourth-order valence-electron chi connectivity index (χ4n) is 2.46. The molecule has 0 bridgehead atoms. The maximum Gasteiger partial charge on any atom is 0.242 e. The summed E-state index contributed by atoms with van der Waals surface area (Å²) in [6.45, 7) is 3.65. The average Bonchev–Trinajstić information content (AvgIpc) is 2.82. The highest BCUT2D eigenvalue weighted by molar-refractivity contribution is 7.89. The van der Waals surface area contributed by atoms with Crippen LogP contribution in [-0.2, 0) is 16.6 Å². The predicted molar refractivity (Wildman–Crippen MR) is 72.1 cm³/mol. The molecule has 2 heterocycles. The molecule has 2 unspecified atom stereocenters. The summed E-state index contributed by atoms with van der Waals surface area (Å²) in [6, 6.07) is 1.43. The zero-order valence-electron chi connectivity index (χ0n) is 11.3. The van der Waals surface area contributed by atoms with Crippen LogP contribution in [0.15, 0.2) is 17.2 Å². The van der Waals surface area contributed by atoms with Crippen molar-refractivity contribution in [3.63, 3.8) is 0 Å². The van der Waals surface area contributed by atoms with E-state index in [0.717, 1.165) is 19.5 Å². The normalized spacial score (nSPS) is 25.6. The Labute approximate surface area is 113 Å². The first-order valence-corrected chi connectivity index (χ1v) is 7.89. The lowest BCUT2D eigenvalue weighted by Crippen LogP contribution is -2.48. The quantitative estimate of drug-likeness (QED) is 0.734. The van der Waals surface area contributed by atoms with Crippen LogP contribution in [0.2, 0.25) is 0 Å². The van der Waals surface area contributed by atoms with Crippen LogP contribution >= 0.6 is 0 Å². The molecule has 19 heavy (non-hydrogen) atoms. The second-order valence-electron chi connectivity index (χ2n) is 5.27. The standard InChI is InChI=1S/C12H21N3O3S/c1-9-7-15(2)4-3-12(9)14-19(17,18)11-5-10(8-16)13-6-11/h5-6,9,12-14,16H,3-4,7-8H2,1-2H3. The predicted octanol–water partition coefficient (Wildman–Crippen LogP) is 0.126. The number of nitrogens with zero attached hydrogens (tertiary/aromatic N) is 1. The number of aliphatic hydroxyl groups is 1. The van der Waals surface area contributed by atoms with Gasteiger partial charge in [-0.2, -0.15) is 0 Å². The van der Waals surface area contributed by atoms with Gasteiger partial charge in [0.2, 0.25) is 10.0 Å². The van der Waals surface area contributed by atoms with Crippen LogP contribution in [-0.4, -0.2) is 49.6 Å². The molecule has 3 N–H and O–H groups in total. The molecule has 2 rings (SSSR count). The van der Waals surface area contributed by atoms with E-state index in [0.29, 0.717) is 5.69 Å². The van der Waals surface area contributed by atoms with E-state index in [1.54, 1.807) is 0 Å². The minimum atomic E-state index is -3.51. The van der Waals surface area contributed by atoms with Crippen molar-refractivity contribution in [2.24, 2.45) is 5.92 Å². The Morgan fingerprint density at radius 1 is 1.58 bits per heavy atom. The van der Waals surface area contributed by atoms with Gasteiger partial charge in [-0.25, -0.2) is 13.1 Å². The average molecular weight is 287 g/mol. The molecule has 0 saturated carbocycles. The first kappa shape index (κ1) is 14.5. The summed E-state index contributed by atoms with van der Waals surface area (Å²) < 4.78 is 27.2. The lowest BCUT2D eigenvalue weighted by atomic mass is 9.95. The van der Waals surface area contributed by atoms with Gasteiger partial charge in [-0.15, -0.1) is 0 Å². The van der Waals surface area contributed by atoms with Gasteiger partial charge < -0.3 is 15.0 Å². The third-order valence-corrected chi connectivity index (χ3v) is 5.08. The van der Waals surface area contributed by atoms with Crippen LogP contribution in [0.1, 0.15) is 19.0 Å². The fourth-order valence-corrected chi connectivity index (χ4v) is 3.86. The van der Waals surface area contributed by atoms with Crippen LogP contribution < -0.4 is 4.72 Å². The number of hydrogen-bond donors (Lipinski definition) is 3. The van der Waals surface area contributed by atoms with Crippen molar-refractivity contribution < 1.29 is 13.5 Å². The van der Waals surface area contributed by atoms with E-state index in [1.807, 2.05) is 7.05 Å². The lowest BCUT2D eigenvalue weighted by molar-refractivity contribution is 0.188. The Balaban J connectivity index is 2.08. The van der Waals surface area contributed by atoms with Crippen molar-refractivity contribution >= 4 is 10.0 Å². The van der Waals surface area contributed by atoms with E-state index in [1.165, 1.54) is 12.3 Å². The number of piperidine rings is 1. The zero-order chi connectivity index (χ0) is 14.0. The molecule has 0 radical (unpaired) electrons. The largest absolute Gasteiger partial charge is 0.390 e. The number of likely N-dealkylation sites (tertiary alicyclic amines) is 1. The molecule has 7 heteroatoms. The van der Waals surface area contributed by atoms with Gasteiger partial charge in [0.15, 0.2) is 0 Å². The minimum Gasteiger partial charge on any atom is -0.390 e. The SMILES string of the molecule is CC1CN(C)CCC1NS(=O)(=O)c1c[nH]c(CO)c1. The molecule has 6 nitrogen and oxygen atoms in total. The van der Waals surface area contributed by atoms with Gasteiger partial charge in [0, 0.05) is 24.5 Å². The van der Waals surface area contributed by atoms with Crippen LogP contribution in [0.5, 0.6) is 0 Å². The zero-order valence-corrected chi connectivity index (χ0v) is 12.1. The van der Waals surface area contributed by atoms with Gasteiger partial charge in [-0.1, -0.05) is 6.92 Å². The summed E-state index contributed by atoms with van der Waals surface area (Å²) in [5, 5.41) is 8.96. The highest BCUT2D eigenvalue weighted by Crippen LogP contribution is 2.19. The minimum absolute atomic E-state index is 0.0336. The molecule has 1 saturated heterocycles. The Hall–Kier alpha value is -0.890. The summed E-state index contributed by atoms with van der Waals surface area (Å²) in [5.74, 6) is 0.282. The lowest BCUT2D eigenvalue weighted by Gasteiger charge is -2.34. The summed E-state index contributed by atoms with van der Waals surface area (Å²) in [6.07, 6.45) is 2.22. The first-order valence-electron chi connectivity index (χ1n) is 6.41. The molecule has 1 fully saturated rings. The Bertz CT molecular complexity index is 526. The summed E-state index contributed by atoms with van der Waals surface area (Å²) in [7, 11) is -1.47. The number of sulfonamides is 1. The van der Waals surface area contributed by atoms with Crippen LogP contribution in [0, 0.1) is 5.92 Å². The van der Waals surface area contributed by atoms with Gasteiger partial charge in [0.25, 0.3) is 0 Å². The smallest absolute Gasteiger partial charge is 0.242 e. The van der Waals surface area contributed by atoms with E-state index in [-0.39, 0.29) is 23.5 Å².